The fraction of sp³-hybridized carbons (Fsp3) is 0.438. The average molecular weight is 373 g/mol. The van der Waals surface area contributed by atoms with Crippen molar-refractivity contribution >= 4 is 40.5 Å². The van der Waals surface area contributed by atoms with E-state index in [2.05, 4.69) is 32.2 Å². The van der Waals surface area contributed by atoms with Crippen LogP contribution in [0.25, 0.3) is 0 Å². The second-order valence-corrected chi connectivity index (χ2v) is 7.22. The van der Waals surface area contributed by atoms with Crippen LogP contribution in [-0.2, 0) is 6.54 Å². The first-order chi connectivity index (χ1) is 10.6. The third-order valence-electron chi connectivity index (χ3n) is 3.90. The average Bonchev–Trinajstić information content (AvgIpc) is 2.97. The third-order valence-corrected chi connectivity index (χ3v) is 5.40. The van der Waals surface area contributed by atoms with Gasteiger partial charge >= 0.3 is 0 Å². The molecule has 0 spiro atoms. The summed E-state index contributed by atoms with van der Waals surface area (Å²) < 4.78 is 0. The summed E-state index contributed by atoms with van der Waals surface area (Å²) in [6, 6.07) is 8.46. The monoisotopic (exact) mass is 372 g/mol. The molecule has 2 heterocycles. The van der Waals surface area contributed by atoms with Crippen LogP contribution in [0.2, 0.25) is 5.02 Å². The van der Waals surface area contributed by atoms with E-state index in [9.17, 15) is 0 Å². The molecule has 0 amide bonds. The topological polar surface area (TPSA) is 31.4 Å². The van der Waals surface area contributed by atoms with Crippen molar-refractivity contribution in [2.75, 3.05) is 38.6 Å². The molecule has 1 aromatic heterocycles. The molecule has 1 unspecified atom stereocenters. The van der Waals surface area contributed by atoms with Gasteiger partial charge in [-0.05, 0) is 11.6 Å². The highest BCUT2D eigenvalue weighted by atomic mass is 35.5. The molecule has 1 aromatic carbocycles. The van der Waals surface area contributed by atoms with Gasteiger partial charge < -0.3 is 10.2 Å². The van der Waals surface area contributed by atoms with Crippen LogP contribution in [0.3, 0.4) is 0 Å². The van der Waals surface area contributed by atoms with E-state index in [1.807, 2.05) is 32.4 Å². The number of benzene rings is 1. The standard InChI is InChI=1S/C16H21ClN4S.ClH/c1-20(2)16-19-9-12(22-16)11-21-8-7-18-10-15(21)13-5-3-4-6-14(13)17;/h3-6,9,15,18H,7-8,10-11H2,1-2H3;1H. The third kappa shape index (κ3) is 4.37. The van der Waals surface area contributed by atoms with Gasteiger partial charge in [0.1, 0.15) is 0 Å². The number of nitrogens with one attached hydrogen (secondary N) is 1. The zero-order chi connectivity index (χ0) is 15.5. The van der Waals surface area contributed by atoms with Crippen LogP contribution >= 0.6 is 35.3 Å². The van der Waals surface area contributed by atoms with E-state index in [4.69, 9.17) is 11.6 Å². The molecule has 1 aliphatic rings. The molecule has 0 radical (unpaired) electrons. The Labute approximate surface area is 152 Å². The number of hydrogen-bond donors (Lipinski definition) is 1. The van der Waals surface area contributed by atoms with Gasteiger partial charge in [-0.2, -0.15) is 0 Å². The van der Waals surface area contributed by atoms with Crippen molar-refractivity contribution in [3.63, 3.8) is 0 Å². The lowest BCUT2D eigenvalue weighted by atomic mass is 10.0. The predicted octanol–water partition coefficient (Wildman–Crippen LogP) is 3.43. The maximum atomic E-state index is 6.40. The van der Waals surface area contributed by atoms with Gasteiger partial charge in [0.05, 0.1) is 0 Å². The van der Waals surface area contributed by atoms with Gasteiger partial charge in [-0.25, -0.2) is 4.98 Å². The number of hydrogen-bond acceptors (Lipinski definition) is 5. The van der Waals surface area contributed by atoms with Crippen LogP contribution in [0.5, 0.6) is 0 Å². The molecule has 0 saturated carbocycles. The first-order valence-electron chi connectivity index (χ1n) is 7.46. The molecular weight excluding hydrogens is 351 g/mol. The summed E-state index contributed by atoms with van der Waals surface area (Å²) in [6.45, 7) is 3.89. The zero-order valence-corrected chi connectivity index (χ0v) is 15.7. The lowest BCUT2D eigenvalue weighted by Gasteiger charge is -2.36. The molecule has 23 heavy (non-hydrogen) atoms. The molecule has 1 fully saturated rings. The molecule has 0 bridgehead atoms. The summed E-state index contributed by atoms with van der Waals surface area (Å²) >= 11 is 8.16. The highest BCUT2D eigenvalue weighted by Gasteiger charge is 2.25. The van der Waals surface area contributed by atoms with Crippen LogP contribution in [0.4, 0.5) is 5.13 Å². The highest BCUT2D eigenvalue weighted by Crippen LogP contribution is 2.31. The summed E-state index contributed by atoms with van der Waals surface area (Å²) in [6.07, 6.45) is 1.99. The number of thiazole rings is 1. The lowest BCUT2D eigenvalue weighted by Crippen LogP contribution is -2.45. The molecular formula is C16H22Cl2N4S. The minimum Gasteiger partial charge on any atom is -0.354 e. The Morgan fingerprint density at radius 3 is 2.87 bits per heavy atom. The number of halogens is 2. The zero-order valence-electron chi connectivity index (χ0n) is 13.3. The molecule has 1 aliphatic heterocycles. The fourth-order valence-corrected chi connectivity index (χ4v) is 3.88. The molecule has 126 valence electrons. The minimum absolute atomic E-state index is 0. The first kappa shape index (κ1) is 18.5. The number of nitrogens with zero attached hydrogens (tertiary/aromatic N) is 3. The maximum absolute atomic E-state index is 6.40. The van der Waals surface area contributed by atoms with Gasteiger partial charge in [-0.3, -0.25) is 4.90 Å². The summed E-state index contributed by atoms with van der Waals surface area (Å²) in [5.41, 5.74) is 1.20. The summed E-state index contributed by atoms with van der Waals surface area (Å²) in [4.78, 5) is 10.3. The second kappa shape index (κ2) is 8.31. The van der Waals surface area contributed by atoms with Crippen LogP contribution in [0, 0.1) is 0 Å². The van der Waals surface area contributed by atoms with Gasteiger partial charge in [-0.1, -0.05) is 29.8 Å². The number of rotatable bonds is 4. The van der Waals surface area contributed by atoms with Gasteiger partial charge in [0.2, 0.25) is 0 Å². The van der Waals surface area contributed by atoms with Gasteiger partial charge in [0.25, 0.3) is 0 Å². The van der Waals surface area contributed by atoms with E-state index in [0.29, 0.717) is 6.04 Å². The molecule has 1 saturated heterocycles. The molecule has 7 heteroatoms. The number of aromatic nitrogens is 1. The Hall–Kier alpha value is -0.850. The predicted molar refractivity (Wildman–Crippen MR) is 101 cm³/mol. The smallest absolute Gasteiger partial charge is 0.185 e. The fourth-order valence-electron chi connectivity index (χ4n) is 2.76. The molecule has 4 nitrogen and oxygen atoms in total. The minimum atomic E-state index is 0. The summed E-state index contributed by atoms with van der Waals surface area (Å²) in [5, 5.41) is 5.38. The Morgan fingerprint density at radius 1 is 1.39 bits per heavy atom. The van der Waals surface area contributed by atoms with Crippen molar-refractivity contribution in [3.8, 4) is 0 Å². The van der Waals surface area contributed by atoms with Crippen LogP contribution in [0.15, 0.2) is 30.5 Å². The van der Waals surface area contributed by atoms with Crippen molar-refractivity contribution in [2.24, 2.45) is 0 Å². The lowest BCUT2D eigenvalue weighted by molar-refractivity contribution is 0.155. The van der Waals surface area contributed by atoms with E-state index >= 15 is 0 Å². The van der Waals surface area contributed by atoms with Crippen molar-refractivity contribution in [1.82, 2.24) is 15.2 Å². The molecule has 1 N–H and O–H groups in total. The van der Waals surface area contributed by atoms with E-state index < -0.39 is 0 Å². The number of anilines is 1. The second-order valence-electron chi connectivity index (χ2n) is 5.72. The van der Waals surface area contributed by atoms with Crippen molar-refractivity contribution in [3.05, 3.63) is 45.9 Å². The summed E-state index contributed by atoms with van der Waals surface area (Å²) in [7, 11) is 4.06. The quantitative estimate of drug-likeness (QED) is 0.890. The van der Waals surface area contributed by atoms with Crippen molar-refractivity contribution in [1.29, 1.82) is 0 Å². The highest BCUT2D eigenvalue weighted by molar-refractivity contribution is 7.15. The number of piperazine rings is 1. The van der Waals surface area contributed by atoms with E-state index in [1.165, 1.54) is 10.4 Å². The molecule has 3 rings (SSSR count). The van der Waals surface area contributed by atoms with Gasteiger partial charge in [-0.15, -0.1) is 23.7 Å². The van der Waals surface area contributed by atoms with Gasteiger partial charge in [0.15, 0.2) is 5.13 Å². The molecule has 2 aromatic rings. The van der Waals surface area contributed by atoms with Crippen molar-refractivity contribution < 1.29 is 0 Å². The van der Waals surface area contributed by atoms with E-state index in [-0.39, 0.29) is 12.4 Å². The largest absolute Gasteiger partial charge is 0.354 e. The SMILES string of the molecule is CN(C)c1ncc(CN2CCNCC2c2ccccc2Cl)s1.Cl. The molecule has 0 aliphatic carbocycles. The van der Waals surface area contributed by atoms with E-state index in [1.54, 1.807) is 11.3 Å². The van der Waals surface area contributed by atoms with E-state index in [0.717, 1.165) is 36.3 Å². The van der Waals surface area contributed by atoms with Gasteiger partial charge in [0, 0.05) is 62.4 Å². The van der Waals surface area contributed by atoms with Crippen LogP contribution in [0.1, 0.15) is 16.5 Å². The van der Waals surface area contributed by atoms with Crippen LogP contribution in [-0.4, -0.2) is 43.6 Å². The Balaban J connectivity index is 0.00000192. The molecule has 1 atom stereocenters. The Morgan fingerprint density at radius 2 is 2.17 bits per heavy atom. The van der Waals surface area contributed by atoms with Crippen molar-refractivity contribution in [2.45, 2.75) is 12.6 Å². The Kier molecular flexibility index (Phi) is 6.68. The first-order valence-corrected chi connectivity index (χ1v) is 8.66. The normalized spacial score (nSPS) is 18.5. The Bertz CT molecular complexity index is 632. The maximum Gasteiger partial charge on any atom is 0.185 e. The summed E-state index contributed by atoms with van der Waals surface area (Å²) in [5.74, 6) is 0. The van der Waals surface area contributed by atoms with Crippen LogP contribution < -0.4 is 10.2 Å².